The van der Waals surface area contributed by atoms with Gasteiger partial charge >= 0.3 is 0 Å². The number of piperidine rings is 2. The molecular formula is C9H18N2. The fourth-order valence-corrected chi connectivity index (χ4v) is 2.51. The Morgan fingerprint density at radius 1 is 1.09 bits per heavy atom. The van der Waals surface area contributed by atoms with Crippen LogP contribution in [0, 0.1) is 5.92 Å². The summed E-state index contributed by atoms with van der Waals surface area (Å²) in [6.45, 7) is 4.76. The second-order valence-corrected chi connectivity index (χ2v) is 3.91. The molecule has 2 aliphatic rings. The minimum atomic E-state index is 0.689. The molecule has 0 aliphatic carbocycles. The molecule has 2 nitrogen and oxygen atoms in total. The van der Waals surface area contributed by atoms with E-state index in [1.165, 1.54) is 32.4 Å². The molecule has 2 saturated heterocycles. The van der Waals surface area contributed by atoms with Crippen molar-refractivity contribution >= 4 is 0 Å². The van der Waals surface area contributed by atoms with Crippen molar-refractivity contribution < 1.29 is 0 Å². The van der Waals surface area contributed by atoms with E-state index in [0.717, 1.165) is 12.0 Å². The number of fused-ring (bicyclic) bond motifs is 1. The molecule has 2 heterocycles. The number of nitrogens with one attached hydrogen (secondary N) is 2. The van der Waals surface area contributed by atoms with Crippen LogP contribution in [0.1, 0.15) is 26.2 Å². The number of hydrogen-bond acceptors (Lipinski definition) is 2. The van der Waals surface area contributed by atoms with Gasteiger partial charge in [0.05, 0.1) is 0 Å². The van der Waals surface area contributed by atoms with Gasteiger partial charge < -0.3 is 10.6 Å². The van der Waals surface area contributed by atoms with Crippen LogP contribution in [0.4, 0.5) is 0 Å². The van der Waals surface area contributed by atoms with E-state index in [0.29, 0.717) is 6.04 Å². The fraction of sp³-hybridized carbons (Fsp3) is 1.00. The van der Waals surface area contributed by atoms with Crippen molar-refractivity contribution in [3.05, 3.63) is 0 Å². The first-order valence-corrected chi connectivity index (χ1v) is 4.84. The predicted octanol–water partition coefficient (Wildman–Crippen LogP) is 0.736. The molecule has 0 spiro atoms. The van der Waals surface area contributed by atoms with Gasteiger partial charge in [-0.3, -0.25) is 0 Å². The van der Waals surface area contributed by atoms with E-state index in [4.69, 9.17) is 0 Å². The third-order valence-corrected chi connectivity index (χ3v) is 3.16. The van der Waals surface area contributed by atoms with Crippen LogP contribution in [0.15, 0.2) is 0 Å². The van der Waals surface area contributed by atoms with Crippen LogP contribution in [0.5, 0.6) is 0 Å². The Bertz CT molecular complexity index is 134. The minimum Gasteiger partial charge on any atom is -0.313 e. The van der Waals surface area contributed by atoms with Crippen molar-refractivity contribution in [3.8, 4) is 0 Å². The van der Waals surface area contributed by atoms with E-state index >= 15 is 0 Å². The van der Waals surface area contributed by atoms with E-state index in [1.54, 1.807) is 0 Å². The van der Waals surface area contributed by atoms with Crippen LogP contribution >= 0.6 is 0 Å². The van der Waals surface area contributed by atoms with Gasteiger partial charge in [-0.25, -0.2) is 0 Å². The van der Waals surface area contributed by atoms with Gasteiger partial charge in [-0.1, -0.05) is 0 Å². The third-order valence-electron chi connectivity index (χ3n) is 3.16. The molecule has 2 aliphatic heterocycles. The molecule has 0 aromatic carbocycles. The fourth-order valence-electron chi connectivity index (χ4n) is 2.51. The van der Waals surface area contributed by atoms with Crippen molar-refractivity contribution in [1.29, 1.82) is 0 Å². The summed E-state index contributed by atoms with van der Waals surface area (Å²) >= 11 is 0. The van der Waals surface area contributed by atoms with Gasteiger partial charge in [-0.2, -0.15) is 0 Å². The average Bonchev–Trinajstić information content (AvgIpc) is 2.06. The highest BCUT2D eigenvalue weighted by Gasteiger charge is 2.31. The summed E-state index contributed by atoms with van der Waals surface area (Å²) in [5.41, 5.74) is 0. The summed E-state index contributed by atoms with van der Waals surface area (Å²) in [4.78, 5) is 0. The molecule has 2 rings (SSSR count). The molecular weight excluding hydrogens is 136 g/mol. The summed E-state index contributed by atoms with van der Waals surface area (Å²) in [6.07, 6.45) is 4.21. The minimum absolute atomic E-state index is 0.689. The normalized spacial score (nSPS) is 45.0. The Kier molecular flexibility index (Phi) is 2.14. The first-order chi connectivity index (χ1) is 5.38. The topological polar surface area (TPSA) is 24.1 Å². The summed E-state index contributed by atoms with van der Waals surface area (Å²) in [5.74, 6) is 0.958. The Morgan fingerprint density at radius 3 is 2.82 bits per heavy atom. The summed E-state index contributed by atoms with van der Waals surface area (Å²) in [5, 5.41) is 7.13. The van der Waals surface area contributed by atoms with Gasteiger partial charge in [0.2, 0.25) is 0 Å². The molecule has 3 atom stereocenters. The monoisotopic (exact) mass is 154 g/mol. The van der Waals surface area contributed by atoms with Crippen molar-refractivity contribution in [2.24, 2.45) is 5.92 Å². The summed E-state index contributed by atoms with van der Waals surface area (Å²) in [6, 6.07) is 1.45. The van der Waals surface area contributed by atoms with Crippen LogP contribution in [-0.2, 0) is 0 Å². The van der Waals surface area contributed by atoms with Gasteiger partial charge in [0, 0.05) is 12.1 Å². The van der Waals surface area contributed by atoms with Crippen molar-refractivity contribution in [2.45, 2.75) is 38.3 Å². The van der Waals surface area contributed by atoms with Crippen LogP contribution in [0.3, 0.4) is 0 Å². The van der Waals surface area contributed by atoms with Crippen molar-refractivity contribution in [3.63, 3.8) is 0 Å². The highest BCUT2D eigenvalue weighted by Crippen LogP contribution is 2.24. The van der Waals surface area contributed by atoms with E-state index in [9.17, 15) is 0 Å². The maximum absolute atomic E-state index is 3.61. The Balaban J connectivity index is 1.99. The largest absolute Gasteiger partial charge is 0.313 e. The van der Waals surface area contributed by atoms with Crippen molar-refractivity contribution in [1.82, 2.24) is 10.6 Å². The molecule has 2 fully saturated rings. The maximum atomic E-state index is 3.61. The lowest BCUT2D eigenvalue weighted by molar-refractivity contribution is 0.183. The maximum Gasteiger partial charge on any atom is 0.0247 e. The molecule has 0 aromatic heterocycles. The van der Waals surface area contributed by atoms with Crippen LogP contribution in [0.25, 0.3) is 0 Å². The van der Waals surface area contributed by atoms with Gasteiger partial charge in [0.25, 0.3) is 0 Å². The smallest absolute Gasteiger partial charge is 0.0247 e. The molecule has 2 N–H and O–H groups in total. The molecule has 11 heavy (non-hydrogen) atoms. The first kappa shape index (κ1) is 7.56. The highest BCUT2D eigenvalue weighted by molar-refractivity contribution is 4.92. The van der Waals surface area contributed by atoms with Crippen LogP contribution in [0.2, 0.25) is 0 Å². The van der Waals surface area contributed by atoms with E-state index in [-0.39, 0.29) is 0 Å². The zero-order chi connectivity index (χ0) is 7.68. The number of rotatable bonds is 0. The molecule has 0 bridgehead atoms. The Morgan fingerprint density at radius 2 is 2.00 bits per heavy atom. The van der Waals surface area contributed by atoms with Gasteiger partial charge in [-0.05, 0) is 45.2 Å². The zero-order valence-corrected chi connectivity index (χ0v) is 7.27. The van der Waals surface area contributed by atoms with Gasteiger partial charge in [-0.15, -0.1) is 0 Å². The van der Waals surface area contributed by atoms with Gasteiger partial charge in [0.15, 0.2) is 0 Å². The van der Waals surface area contributed by atoms with Crippen LogP contribution < -0.4 is 10.6 Å². The van der Waals surface area contributed by atoms with E-state index < -0.39 is 0 Å². The molecule has 64 valence electrons. The average molecular weight is 154 g/mol. The number of hydrogen-bond donors (Lipinski definition) is 2. The molecule has 0 aromatic rings. The highest BCUT2D eigenvalue weighted by atomic mass is 15.0. The quantitative estimate of drug-likeness (QED) is 0.537. The molecule has 0 radical (unpaired) electrons. The molecule has 0 saturated carbocycles. The summed E-state index contributed by atoms with van der Waals surface area (Å²) < 4.78 is 0. The van der Waals surface area contributed by atoms with Gasteiger partial charge in [0.1, 0.15) is 0 Å². The zero-order valence-electron chi connectivity index (χ0n) is 7.27. The molecule has 3 unspecified atom stereocenters. The predicted molar refractivity (Wildman–Crippen MR) is 46.6 cm³/mol. The second-order valence-electron chi connectivity index (χ2n) is 3.91. The second kappa shape index (κ2) is 3.11. The molecule has 0 amide bonds. The molecule has 2 heteroatoms. The first-order valence-electron chi connectivity index (χ1n) is 4.84. The lowest BCUT2D eigenvalue weighted by Gasteiger charge is -2.41. The van der Waals surface area contributed by atoms with E-state index in [2.05, 4.69) is 17.6 Å². The Hall–Kier alpha value is -0.0800. The standard InChI is InChI=1S/C9H18N2/c1-7-9-8(4-6-10-7)3-2-5-11-9/h7-11H,2-6H2,1H3. The van der Waals surface area contributed by atoms with Crippen LogP contribution in [-0.4, -0.2) is 25.2 Å². The van der Waals surface area contributed by atoms with E-state index in [1.807, 2.05) is 0 Å². The lowest BCUT2D eigenvalue weighted by atomic mass is 9.82. The SMILES string of the molecule is CC1NCCC2CCCNC21. The summed E-state index contributed by atoms with van der Waals surface area (Å²) in [7, 11) is 0. The Labute approximate surface area is 68.7 Å². The lowest BCUT2D eigenvalue weighted by Crippen LogP contribution is -2.57. The van der Waals surface area contributed by atoms with Crippen molar-refractivity contribution in [2.75, 3.05) is 13.1 Å². The third kappa shape index (κ3) is 1.42.